The maximum Gasteiger partial charge on any atom is 0.341 e. The van der Waals surface area contributed by atoms with E-state index in [0.29, 0.717) is 23.9 Å². The fourth-order valence-corrected chi connectivity index (χ4v) is 6.75. The Morgan fingerprint density at radius 3 is 2.80 bits per heavy atom. The molecule has 0 fully saturated rings. The number of aromatic nitrogens is 2. The van der Waals surface area contributed by atoms with Crippen LogP contribution in [-0.2, 0) is 22.4 Å². The number of aryl methyl sites for hydroxylation is 1. The van der Waals surface area contributed by atoms with Crippen molar-refractivity contribution in [3.05, 3.63) is 49.2 Å². The number of carbonyl (C=O) groups is 2. The Balaban J connectivity index is 1.44. The maximum atomic E-state index is 12.5. The van der Waals surface area contributed by atoms with Crippen molar-refractivity contribution in [3.8, 4) is 5.69 Å². The summed E-state index contributed by atoms with van der Waals surface area (Å²) in [6.07, 6.45) is 2.79. The number of esters is 1. The number of fused-ring (bicyclic) bond motifs is 1. The third kappa shape index (κ3) is 4.47. The van der Waals surface area contributed by atoms with Gasteiger partial charge in [0.25, 0.3) is 0 Å². The SMILES string of the molecule is COC(=O)c1c(NC(=O)CSc2nn(-c3ccc(Cl)cc3)c(=S)s2)sc2c1CCC2. The molecule has 0 atom stereocenters. The minimum absolute atomic E-state index is 0.159. The molecule has 0 unspecified atom stereocenters. The number of nitrogens with one attached hydrogen (secondary N) is 1. The zero-order valence-electron chi connectivity index (χ0n) is 15.8. The number of halogens is 1. The molecule has 0 aliphatic heterocycles. The number of carbonyl (C=O) groups excluding carboxylic acids is 2. The molecule has 1 aliphatic rings. The lowest BCUT2D eigenvalue weighted by Crippen LogP contribution is -2.16. The number of thiophene rings is 1. The molecule has 0 saturated heterocycles. The van der Waals surface area contributed by atoms with E-state index in [1.807, 2.05) is 12.1 Å². The van der Waals surface area contributed by atoms with Crippen LogP contribution < -0.4 is 5.32 Å². The lowest BCUT2D eigenvalue weighted by molar-refractivity contribution is -0.113. The first-order chi connectivity index (χ1) is 14.5. The summed E-state index contributed by atoms with van der Waals surface area (Å²) < 4.78 is 7.84. The van der Waals surface area contributed by atoms with Gasteiger partial charge >= 0.3 is 5.97 Å². The van der Waals surface area contributed by atoms with Crippen LogP contribution in [0.25, 0.3) is 5.69 Å². The number of hydrogen-bond acceptors (Lipinski definition) is 8. The Hall–Kier alpha value is -1.72. The molecule has 3 aromatic rings. The number of anilines is 1. The van der Waals surface area contributed by atoms with Gasteiger partial charge in [-0.05, 0) is 61.3 Å². The molecule has 11 heteroatoms. The Morgan fingerprint density at radius 1 is 1.30 bits per heavy atom. The van der Waals surface area contributed by atoms with E-state index in [4.69, 9.17) is 28.6 Å². The van der Waals surface area contributed by atoms with Crippen molar-refractivity contribution in [2.24, 2.45) is 0 Å². The molecule has 0 spiro atoms. The third-order valence-electron chi connectivity index (χ3n) is 4.49. The summed E-state index contributed by atoms with van der Waals surface area (Å²) in [5.74, 6) is -0.451. The van der Waals surface area contributed by atoms with E-state index in [9.17, 15) is 9.59 Å². The summed E-state index contributed by atoms with van der Waals surface area (Å²) >= 11 is 15.4. The zero-order chi connectivity index (χ0) is 21.3. The molecule has 30 heavy (non-hydrogen) atoms. The molecule has 1 aliphatic carbocycles. The summed E-state index contributed by atoms with van der Waals surface area (Å²) in [6, 6.07) is 7.22. The summed E-state index contributed by atoms with van der Waals surface area (Å²) in [5, 5.41) is 8.56. The highest BCUT2D eigenvalue weighted by Gasteiger charge is 2.28. The van der Waals surface area contributed by atoms with Gasteiger partial charge in [0.1, 0.15) is 5.00 Å². The lowest BCUT2D eigenvalue weighted by Gasteiger charge is -2.06. The van der Waals surface area contributed by atoms with Gasteiger partial charge in [-0.2, -0.15) is 0 Å². The molecule has 4 rings (SSSR count). The second-order valence-electron chi connectivity index (χ2n) is 6.41. The molecule has 0 saturated carbocycles. The van der Waals surface area contributed by atoms with E-state index in [1.54, 1.807) is 16.8 Å². The first kappa shape index (κ1) is 21.5. The maximum absolute atomic E-state index is 12.5. The van der Waals surface area contributed by atoms with Crippen LogP contribution in [-0.4, -0.2) is 34.5 Å². The van der Waals surface area contributed by atoms with Gasteiger partial charge in [-0.25, -0.2) is 9.48 Å². The minimum atomic E-state index is -0.406. The molecule has 156 valence electrons. The van der Waals surface area contributed by atoms with Gasteiger partial charge in [-0.3, -0.25) is 4.79 Å². The molecule has 1 N–H and O–H groups in total. The van der Waals surface area contributed by atoms with Crippen LogP contribution in [0, 0.1) is 3.95 Å². The van der Waals surface area contributed by atoms with Gasteiger partial charge in [0, 0.05) is 9.90 Å². The Bertz CT molecular complexity index is 1170. The molecular formula is C19H16ClN3O3S4. The molecule has 2 heterocycles. The second kappa shape index (κ2) is 9.19. The van der Waals surface area contributed by atoms with Crippen LogP contribution in [0.15, 0.2) is 28.6 Å². The molecule has 6 nitrogen and oxygen atoms in total. The topological polar surface area (TPSA) is 73.2 Å². The van der Waals surface area contributed by atoms with Crippen LogP contribution in [0.5, 0.6) is 0 Å². The van der Waals surface area contributed by atoms with Crippen molar-refractivity contribution in [1.82, 2.24) is 9.78 Å². The van der Waals surface area contributed by atoms with E-state index in [1.165, 1.54) is 41.5 Å². The van der Waals surface area contributed by atoms with Crippen LogP contribution in [0.2, 0.25) is 5.02 Å². The monoisotopic (exact) mass is 497 g/mol. The number of methoxy groups -OCH3 is 1. The highest BCUT2D eigenvalue weighted by atomic mass is 35.5. The predicted octanol–water partition coefficient (Wildman–Crippen LogP) is 5.38. The number of thioether (sulfide) groups is 1. The van der Waals surface area contributed by atoms with Crippen LogP contribution >= 0.6 is 58.3 Å². The number of benzene rings is 1. The first-order valence-electron chi connectivity index (χ1n) is 8.98. The lowest BCUT2D eigenvalue weighted by atomic mass is 10.1. The molecule has 1 amide bonds. The minimum Gasteiger partial charge on any atom is -0.465 e. The summed E-state index contributed by atoms with van der Waals surface area (Å²) in [6.45, 7) is 0. The number of nitrogens with zero attached hydrogens (tertiary/aromatic N) is 2. The van der Waals surface area contributed by atoms with Crippen molar-refractivity contribution in [1.29, 1.82) is 0 Å². The van der Waals surface area contributed by atoms with E-state index in [-0.39, 0.29) is 11.7 Å². The van der Waals surface area contributed by atoms with Gasteiger partial charge in [0.2, 0.25) is 5.91 Å². The first-order valence-corrected chi connectivity index (χ1v) is 12.4. The van der Waals surface area contributed by atoms with E-state index in [2.05, 4.69) is 10.4 Å². The fraction of sp³-hybridized carbons (Fsp3) is 0.263. The van der Waals surface area contributed by atoms with E-state index >= 15 is 0 Å². The zero-order valence-corrected chi connectivity index (χ0v) is 19.8. The van der Waals surface area contributed by atoms with Crippen molar-refractivity contribution >= 4 is 75.1 Å². The quantitative estimate of drug-likeness (QED) is 0.280. The fourth-order valence-electron chi connectivity index (χ4n) is 3.16. The number of hydrogen-bond donors (Lipinski definition) is 1. The number of rotatable bonds is 6. The molecule has 0 bridgehead atoms. The van der Waals surface area contributed by atoms with Crippen LogP contribution in [0.1, 0.15) is 27.2 Å². The van der Waals surface area contributed by atoms with Gasteiger partial charge < -0.3 is 10.1 Å². The second-order valence-corrected chi connectivity index (χ2v) is 10.8. The third-order valence-corrected chi connectivity index (χ3v) is 8.32. The van der Waals surface area contributed by atoms with Crippen LogP contribution in [0.4, 0.5) is 5.00 Å². The van der Waals surface area contributed by atoms with Gasteiger partial charge in [0.05, 0.1) is 24.1 Å². The van der Waals surface area contributed by atoms with E-state index < -0.39 is 5.97 Å². The van der Waals surface area contributed by atoms with Gasteiger partial charge in [-0.15, -0.1) is 16.4 Å². The van der Waals surface area contributed by atoms with Gasteiger partial charge in [-0.1, -0.05) is 34.7 Å². The van der Waals surface area contributed by atoms with Crippen molar-refractivity contribution in [2.75, 3.05) is 18.2 Å². The molecular weight excluding hydrogens is 482 g/mol. The molecule has 0 radical (unpaired) electrons. The Labute approximate surface area is 195 Å². The average Bonchev–Trinajstić information content (AvgIpc) is 3.41. The average molecular weight is 498 g/mol. The molecule has 2 aromatic heterocycles. The van der Waals surface area contributed by atoms with Crippen molar-refractivity contribution in [2.45, 2.75) is 23.6 Å². The standard InChI is InChI=1S/C19H16ClN3O3S4/c1-26-17(25)15-12-3-2-4-13(12)29-16(15)21-14(24)9-28-18-22-23(19(27)30-18)11-7-5-10(20)6-8-11/h5-8H,2-4,9H2,1H3,(H,21,24). The van der Waals surface area contributed by atoms with Crippen molar-refractivity contribution in [3.63, 3.8) is 0 Å². The van der Waals surface area contributed by atoms with Crippen molar-refractivity contribution < 1.29 is 14.3 Å². The highest BCUT2D eigenvalue weighted by Crippen LogP contribution is 2.39. The largest absolute Gasteiger partial charge is 0.465 e. The van der Waals surface area contributed by atoms with E-state index in [0.717, 1.165) is 35.4 Å². The molecule has 1 aromatic carbocycles. The van der Waals surface area contributed by atoms with Gasteiger partial charge in [0.15, 0.2) is 8.29 Å². The summed E-state index contributed by atoms with van der Waals surface area (Å²) in [4.78, 5) is 25.9. The van der Waals surface area contributed by atoms with Crippen LogP contribution in [0.3, 0.4) is 0 Å². The number of ether oxygens (including phenoxy) is 1. The smallest absolute Gasteiger partial charge is 0.341 e. The Morgan fingerprint density at radius 2 is 2.07 bits per heavy atom. The summed E-state index contributed by atoms with van der Waals surface area (Å²) in [7, 11) is 1.35. The highest BCUT2D eigenvalue weighted by molar-refractivity contribution is 8.01. The Kier molecular flexibility index (Phi) is 6.59. The number of amides is 1. The normalized spacial score (nSPS) is 12.6. The predicted molar refractivity (Wildman–Crippen MR) is 124 cm³/mol. The summed E-state index contributed by atoms with van der Waals surface area (Å²) in [5.41, 5.74) is 2.32.